The minimum Gasteiger partial charge on any atom is -0.334 e. The van der Waals surface area contributed by atoms with Gasteiger partial charge < -0.3 is 4.90 Å². The molecule has 1 aromatic heterocycles. The molecule has 0 saturated carbocycles. The van der Waals surface area contributed by atoms with E-state index in [0.29, 0.717) is 0 Å². The molecule has 1 heterocycles. The fourth-order valence-electron chi connectivity index (χ4n) is 1.84. The maximum absolute atomic E-state index is 12.4. The average molecular weight is 385 g/mol. The summed E-state index contributed by atoms with van der Waals surface area (Å²) in [6.45, 7) is 4.15. The Balaban J connectivity index is 2.17. The van der Waals surface area contributed by atoms with E-state index in [0.717, 1.165) is 9.13 Å². The second-order valence-corrected chi connectivity index (χ2v) is 7.11. The van der Waals surface area contributed by atoms with Crippen LogP contribution in [-0.4, -0.2) is 17.9 Å². The number of aryl methyl sites for hydroxylation is 1. The number of amides is 1. The van der Waals surface area contributed by atoms with Gasteiger partial charge in [0.05, 0.1) is 6.04 Å². The number of halogens is 1. The van der Waals surface area contributed by atoms with E-state index in [9.17, 15) is 4.79 Å². The Kier molecular flexibility index (Phi) is 4.62. The molecular formula is C15H16INOS. The maximum atomic E-state index is 12.4. The monoisotopic (exact) mass is 385 g/mol. The molecule has 1 aromatic carbocycles. The van der Waals surface area contributed by atoms with Crippen molar-refractivity contribution in [3.63, 3.8) is 0 Å². The molecule has 0 bridgehead atoms. The van der Waals surface area contributed by atoms with Gasteiger partial charge in [-0.1, -0.05) is 0 Å². The highest BCUT2D eigenvalue weighted by molar-refractivity contribution is 14.1. The molecule has 0 aliphatic heterocycles. The highest BCUT2D eigenvalue weighted by atomic mass is 127. The third-order valence-electron chi connectivity index (χ3n) is 3.17. The molecule has 1 unspecified atom stereocenters. The SMILES string of the molecule is Cc1ccc(C(C)N(C)C(=O)c2ccc(I)cc2)s1. The van der Waals surface area contributed by atoms with Crippen molar-refractivity contribution in [1.82, 2.24) is 4.90 Å². The third-order valence-corrected chi connectivity index (χ3v) is 5.06. The van der Waals surface area contributed by atoms with E-state index < -0.39 is 0 Å². The zero-order valence-electron chi connectivity index (χ0n) is 11.2. The van der Waals surface area contributed by atoms with Gasteiger partial charge in [0.15, 0.2) is 0 Å². The van der Waals surface area contributed by atoms with Gasteiger partial charge in [-0.3, -0.25) is 4.79 Å². The summed E-state index contributed by atoms with van der Waals surface area (Å²) in [4.78, 5) is 16.7. The summed E-state index contributed by atoms with van der Waals surface area (Å²) in [6, 6.07) is 12.0. The fraction of sp³-hybridized carbons (Fsp3) is 0.267. The summed E-state index contributed by atoms with van der Waals surface area (Å²) >= 11 is 3.98. The summed E-state index contributed by atoms with van der Waals surface area (Å²) in [5.74, 6) is 0.0648. The molecule has 19 heavy (non-hydrogen) atoms. The largest absolute Gasteiger partial charge is 0.334 e. The van der Waals surface area contributed by atoms with Gasteiger partial charge in [-0.2, -0.15) is 0 Å². The van der Waals surface area contributed by atoms with Gasteiger partial charge in [-0.25, -0.2) is 0 Å². The molecule has 1 amide bonds. The Bertz CT molecular complexity index is 576. The number of carbonyl (C=O) groups excluding carboxylic acids is 1. The van der Waals surface area contributed by atoms with Crippen molar-refractivity contribution in [1.29, 1.82) is 0 Å². The Morgan fingerprint density at radius 3 is 2.37 bits per heavy atom. The van der Waals surface area contributed by atoms with E-state index in [-0.39, 0.29) is 11.9 Å². The molecule has 2 aromatic rings. The molecule has 0 radical (unpaired) electrons. The zero-order valence-corrected chi connectivity index (χ0v) is 14.2. The van der Waals surface area contributed by atoms with Crippen molar-refractivity contribution in [2.75, 3.05) is 7.05 Å². The molecule has 1 atom stereocenters. The highest BCUT2D eigenvalue weighted by Crippen LogP contribution is 2.27. The number of rotatable bonds is 3. The topological polar surface area (TPSA) is 20.3 Å². The van der Waals surface area contributed by atoms with E-state index >= 15 is 0 Å². The van der Waals surface area contributed by atoms with E-state index in [1.165, 1.54) is 9.75 Å². The van der Waals surface area contributed by atoms with E-state index in [2.05, 4.69) is 48.6 Å². The van der Waals surface area contributed by atoms with E-state index in [1.54, 1.807) is 16.2 Å². The standard InChI is InChI=1S/C15H16INOS/c1-10-4-9-14(19-10)11(2)17(3)15(18)12-5-7-13(16)8-6-12/h4-9,11H,1-3H3. The molecule has 4 heteroatoms. The summed E-state index contributed by atoms with van der Waals surface area (Å²) in [5.41, 5.74) is 0.739. The molecule has 0 saturated heterocycles. The first-order valence-electron chi connectivity index (χ1n) is 6.08. The lowest BCUT2D eigenvalue weighted by molar-refractivity contribution is 0.0745. The number of hydrogen-bond donors (Lipinski definition) is 0. The minimum absolute atomic E-state index is 0.0648. The van der Waals surface area contributed by atoms with Crippen molar-refractivity contribution >= 4 is 39.8 Å². The van der Waals surface area contributed by atoms with Crippen LogP contribution < -0.4 is 0 Å². The second-order valence-electron chi connectivity index (χ2n) is 4.55. The summed E-state index contributed by atoms with van der Waals surface area (Å²) in [5, 5.41) is 0. The molecule has 0 spiro atoms. The van der Waals surface area contributed by atoms with Crippen LogP contribution in [0.3, 0.4) is 0 Å². The quantitative estimate of drug-likeness (QED) is 0.713. The van der Waals surface area contributed by atoms with Crippen molar-refractivity contribution < 1.29 is 4.79 Å². The predicted octanol–water partition coefficient (Wildman–Crippen LogP) is 4.49. The van der Waals surface area contributed by atoms with E-state index in [4.69, 9.17) is 0 Å². The second kappa shape index (κ2) is 6.05. The molecule has 0 N–H and O–H groups in total. The fourth-order valence-corrected chi connectivity index (χ4v) is 3.17. The first-order valence-corrected chi connectivity index (χ1v) is 7.97. The summed E-state index contributed by atoms with van der Waals surface area (Å²) in [7, 11) is 1.86. The first kappa shape index (κ1) is 14.5. The van der Waals surface area contributed by atoms with Crippen LogP contribution in [-0.2, 0) is 0 Å². The van der Waals surface area contributed by atoms with Gasteiger partial charge in [0.1, 0.15) is 0 Å². The van der Waals surface area contributed by atoms with Crippen LogP contribution in [0, 0.1) is 10.5 Å². The third kappa shape index (κ3) is 3.36. The van der Waals surface area contributed by atoms with Crippen molar-refractivity contribution in [2.45, 2.75) is 19.9 Å². The molecule has 2 nitrogen and oxygen atoms in total. The van der Waals surface area contributed by atoms with Gasteiger partial charge >= 0.3 is 0 Å². The summed E-state index contributed by atoms with van der Waals surface area (Å²) < 4.78 is 1.14. The number of thiophene rings is 1. The lowest BCUT2D eigenvalue weighted by Crippen LogP contribution is -2.29. The lowest BCUT2D eigenvalue weighted by atomic mass is 10.1. The number of benzene rings is 1. The Labute approximate surface area is 131 Å². The molecule has 0 aliphatic carbocycles. The highest BCUT2D eigenvalue weighted by Gasteiger charge is 2.19. The van der Waals surface area contributed by atoms with Crippen LogP contribution in [0.1, 0.15) is 33.1 Å². The van der Waals surface area contributed by atoms with Crippen molar-refractivity contribution in [3.8, 4) is 0 Å². The van der Waals surface area contributed by atoms with Gasteiger partial charge in [-0.05, 0) is 72.8 Å². The lowest BCUT2D eigenvalue weighted by Gasteiger charge is -2.24. The van der Waals surface area contributed by atoms with Gasteiger partial charge in [0.2, 0.25) is 0 Å². The van der Waals surface area contributed by atoms with Gasteiger partial charge in [0, 0.05) is 25.9 Å². The molecule has 0 fully saturated rings. The number of carbonyl (C=O) groups is 1. The Morgan fingerprint density at radius 1 is 1.21 bits per heavy atom. The Morgan fingerprint density at radius 2 is 1.84 bits per heavy atom. The van der Waals surface area contributed by atoms with Crippen molar-refractivity contribution in [3.05, 3.63) is 55.3 Å². The van der Waals surface area contributed by atoms with Crippen LogP contribution in [0.15, 0.2) is 36.4 Å². The number of hydrogen-bond acceptors (Lipinski definition) is 2. The normalized spacial score (nSPS) is 12.2. The maximum Gasteiger partial charge on any atom is 0.254 e. The molecule has 100 valence electrons. The van der Waals surface area contributed by atoms with E-state index in [1.807, 2.05) is 31.3 Å². The van der Waals surface area contributed by atoms with Crippen molar-refractivity contribution in [2.24, 2.45) is 0 Å². The van der Waals surface area contributed by atoms with Crippen LogP contribution in [0.25, 0.3) is 0 Å². The van der Waals surface area contributed by atoms with Crippen LogP contribution in [0.4, 0.5) is 0 Å². The minimum atomic E-state index is 0.0648. The van der Waals surface area contributed by atoms with Gasteiger partial charge in [-0.15, -0.1) is 11.3 Å². The molecule has 0 aliphatic rings. The van der Waals surface area contributed by atoms with Crippen LogP contribution >= 0.6 is 33.9 Å². The number of nitrogens with zero attached hydrogens (tertiary/aromatic N) is 1. The first-order chi connectivity index (χ1) is 8.99. The average Bonchev–Trinajstić information content (AvgIpc) is 2.84. The van der Waals surface area contributed by atoms with Crippen LogP contribution in [0.2, 0.25) is 0 Å². The Hall–Kier alpha value is -0.880. The van der Waals surface area contributed by atoms with Gasteiger partial charge in [0.25, 0.3) is 5.91 Å². The van der Waals surface area contributed by atoms with Crippen LogP contribution in [0.5, 0.6) is 0 Å². The zero-order chi connectivity index (χ0) is 14.0. The molecular weight excluding hydrogens is 369 g/mol. The smallest absolute Gasteiger partial charge is 0.254 e. The summed E-state index contributed by atoms with van der Waals surface area (Å²) in [6.07, 6.45) is 0. The molecule has 2 rings (SSSR count). The predicted molar refractivity (Wildman–Crippen MR) is 88.7 cm³/mol.